The van der Waals surface area contributed by atoms with Crippen LogP contribution in [0.3, 0.4) is 0 Å². The molecule has 0 N–H and O–H groups in total. The number of hydrogen-bond acceptors (Lipinski definition) is 8. The summed E-state index contributed by atoms with van der Waals surface area (Å²) in [5.74, 6) is -0.981. The Labute approximate surface area is 503 Å². The third-order valence-corrected chi connectivity index (χ3v) is 16.3. The Bertz CT molecular complexity index is 1390. The van der Waals surface area contributed by atoms with Gasteiger partial charge in [-0.3, -0.25) is 19.2 Å². The molecule has 0 aliphatic rings. The second-order valence-electron chi connectivity index (χ2n) is 24.5. The van der Waals surface area contributed by atoms with Crippen LogP contribution in [0, 0.1) is 0 Å². The van der Waals surface area contributed by atoms with Gasteiger partial charge in [-0.15, -0.1) is 0 Å². The normalized spacial score (nSPS) is 12.4. The van der Waals surface area contributed by atoms with Gasteiger partial charge in [0.25, 0.3) is 0 Å². The van der Waals surface area contributed by atoms with Crippen LogP contribution in [-0.4, -0.2) is 49.3 Å². The maximum atomic E-state index is 13.1. The molecule has 0 saturated carbocycles. The number of ether oxygens (including phenoxy) is 4. The van der Waals surface area contributed by atoms with Crippen molar-refractivity contribution in [3.8, 4) is 0 Å². The zero-order chi connectivity index (χ0) is 58.8. The molecule has 2 atom stereocenters. The van der Waals surface area contributed by atoms with Crippen LogP contribution in [-0.2, 0) is 38.1 Å². The molecule has 0 spiro atoms. The van der Waals surface area contributed by atoms with Crippen molar-refractivity contribution in [2.75, 3.05) is 13.2 Å². The van der Waals surface area contributed by atoms with Crippen molar-refractivity contribution in [3.63, 3.8) is 0 Å². The Hall–Kier alpha value is -2.64. The van der Waals surface area contributed by atoms with Crippen LogP contribution in [0.25, 0.3) is 0 Å². The average Bonchev–Trinajstić information content (AvgIpc) is 3.46. The summed E-state index contributed by atoms with van der Waals surface area (Å²) in [6.45, 7) is 8.84. The lowest BCUT2D eigenvalue weighted by Gasteiger charge is -2.19. The number of hydrogen-bond donors (Lipinski definition) is 0. The molecule has 0 rings (SSSR count). The van der Waals surface area contributed by atoms with Gasteiger partial charge in [0, 0.05) is 25.7 Å². The van der Waals surface area contributed by atoms with Crippen molar-refractivity contribution in [1.82, 2.24) is 0 Å². The first-order valence-corrected chi connectivity index (χ1v) is 35.9. The fraction of sp³-hybridized carbons (Fsp3) is 0.890. The summed E-state index contributed by atoms with van der Waals surface area (Å²) in [5.41, 5.74) is 0. The first-order chi connectivity index (χ1) is 39.9. The lowest BCUT2D eigenvalue weighted by atomic mass is 10.0. The molecule has 0 amide bonds. The van der Waals surface area contributed by atoms with Crippen LogP contribution in [0.4, 0.5) is 0 Å². The third-order valence-electron chi connectivity index (χ3n) is 16.3. The summed E-state index contributed by atoms with van der Waals surface area (Å²) in [6, 6.07) is 0. The van der Waals surface area contributed by atoms with Crippen molar-refractivity contribution in [1.29, 1.82) is 0 Å². The molecule has 0 aromatic heterocycles. The highest BCUT2D eigenvalue weighted by atomic mass is 16.6. The zero-order valence-electron chi connectivity index (χ0n) is 54.4. The second kappa shape index (κ2) is 66.5. The Morgan fingerprint density at radius 1 is 0.247 bits per heavy atom. The van der Waals surface area contributed by atoms with E-state index in [1.165, 1.54) is 225 Å². The van der Waals surface area contributed by atoms with E-state index in [2.05, 4.69) is 52.0 Å². The Morgan fingerprint density at radius 3 is 0.728 bits per heavy atom. The van der Waals surface area contributed by atoms with E-state index >= 15 is 0 Å². The van der Waals surface area contributed by atoms with Crippen molar-refractivity contribution in [3.05, 3.63) is 24.3 Å². The van der Waals surface area contributed by atoms with Gasteiger partial charge in [0.2, 0.25) is 0 Å². The molecule has 0 aromatic carbocycles. The highest BCUT2D eigenvalue weighted by Crippen LogP contribution is 2.20. The van der Waals surface area contributed by atoms with Crippen LogP contribution < -0.4 is 0 Å². The molecule has 0 fully saturated rings. The van der Waals surface area contributed by atoms with Gasteiger partial charge in [-0.25, -0.2) is 0 Å². The smallest absolute Gasteiger partial charge is 0.306 e. The van der Waals surface area contributed by atoms with E-state index in [0.29, 0.717) is 25.7 Å². The van der Waals surface area contributed by atoms with Crippen LogP contribution in [0.5, 0.6) is 0 Å². The van der Waals surface area contributed by atoms with Gasteiger partial charge in [0.05, 0.1) is 0 Å². The average molecular weight is 1140 g/mol. The molecular formula is C73H136O8. The monoisotopic (exact) mass is 1140 g/mol. The third kappa shape index (κ3) is 63.2. The summed E-state index contributed by atoms with van der Waals surface area (Å²) in [5, 5.41) is 0. The Balaban J connectivity index is 4.80. The number of esters is 4. The number of carbonyl (C=O) groups excluding carboxylic acids is 4. The predicted molar refractivity (Wildman–Crippen MR) is 346 cm³/mol. The largest absolute Gasteiger partial charge is 0.462 e. The summed E-state index contributed by atoms with van der Waals surface area (Å²) in [6.07, 6.45) is 73.1. The maximum Gasteiger partial charge on any atom is 0.306 e. The lowest BCUT2D eigenvalue weighted by molar-refractivity contribution is -0.167. The van der Waals surface area contributed by atoms with Gasteiger partial charge >= 0.3 is 23.9 Å². The van der Waals surface area contributed by atoms with Crippen LogP contribution >= 0.6 is 0 Å². The number of unbranched alkanes of at least 4 members (excludes halogenated alkanes) is 44. The van der Waals surface area contributed by atoms with Crippen molar-refractivity contribution >= 4 is 23.9 Å². The van der Waals surface area contributed by atoms with Gasteiger partial charge in [0.15, 0.2) is 6.10 Å². The van der Waals surface area contributed by atoms with E-state index < -0.39 is 6.10 Å². The fourth-order valence-corrected chi connectivity index (χ4v) is 10.9. The van der Waals surface area contributed by atoms with E-state index in [4.69, 9.17) is 18.9 Å². The highest BCUT2D eigenvalue weighted by Gasteiger charge is 2.20. The minimum atomic E-state index is -0.820. The van der Waals surface area contributed by atoms with E-state index in [9.17, 15) is 19.2 Å². The molecule has 0 radical (unpaired) electrons. The van der Waals surface area contributed by atoms with Crippen molar-refractivity contribution in [2.45, 2.75) is 406 Å². The van der Waals surface area contributed by atoms with Crippen LogP contribution in [0.1, 0.15) is 394 Å². The first kappa shape index (κ1) is 78.4. The zero-order valence-corrected chi connectivity index (χ0v) is 54.4. The standard InChI is InChI=1S/C73H136O8/c1-5-9-13-17-21-24-27-30-32-35-38-41-45-51-57-63-71(75)79-67-69(66-78-70(74)62-56-50-44-40-37-34-29-26-23-19-15-11-7-3)81-73(77)65-59-53-47-49-55-61-68(60-54-48-43-20-16-12-8-4)80-72(76)64-58-52-46-42-39-36-33-31-28-25-22-18-14-10-6-2/h30-33,68-69H,5-29,34-67H2,1-4H3. The fourth-order valence-electron chi connectivity index (χ4n) is 10.9. The van der Waals surface area contributed by atoms with Gasteiger partial charge in [-0.05, 0) is 103 Å². The first-order valence-electron chi connectivity index (χ1n) is 35.9. The van der Waals surface area contributed by atoms with Gasteiger partial charge in [-0.1, -0.05) is 290 Å². The summed E-state index contributed by atoms with van der Waals surface area (Å²) < 4.78 is 23.2. The topological polar surface area (TPSA) is 105 Å². The number of rotatable bonds is 66. The minimum Gasteiger partial charge on any atom is -0.462 e. The van der Waals surface area contributed by atoms with Crippen molar-refractivity contribution in [2.24, 2.45) is 0 Å². The molecule has 2 unspecified atom stereocenters. The molecule has 0 aliphatic carbocycles. The molecule has 0 saturated heterocycles. The number of carbonyl (C=O) groups is 4. The Kier molecular flexibility index (Phi) is 64.3. The number of allylic oxidation sites excluding steroid dienone is 4. The van der Waals surface area contributed by atoms with Crippen LogP contribution in [0.2, 0.25) is 0 Å². The molecule has 0 heterocycles. The van der Waals surface area contributed by atoms with E-state index in [1.54, 1.807) is 0 Å². The molecule has 0 aliphatic heterocycles. The van der Waals surface area contributed by atoms with Crippen LogP contribution in [0.15, 0.2) is 24.3 Å². The second-order valence-corrected chi connectivity index (χ2v) is 24.5. The SMILES string of the molecule is CCCCCCCCC=CCCCCCCCC(=O)OCC(COC(=O)CCCCCCCCCCCCCCC)OC(=O)CCCCCCCC(CCCCCCCCC)OC(=O)CCCCCCCC=CCCCCCCCC. The molecular weight excluding hydrogens is 1000 g/mol. The van der Waals surface area contributed by atoms with Gasteiger partial charge in [0.1, 0.15) is 19.3 Å². The van der Waals surface area contributed by atoms with Gasteiger partial charge < -0.3 is 18.9 Å². The molecule has 0 aromatic rings. The summed E-state index contributed by atoms with van der Waals surface area (Å²) in [4.78, 5) is 51.7. The highest BCUT2D eigenvalue weighted by molar-refractivity contribution is 5.71. The van der Waals surface area contributed by atoms with Crippen molar-refractivity contribution < 1.29 is 38.1 Å². The lowest BCUT2D eigenvalue weighted by Crippen LogP contribution is -2.30. The quantitative estimate of drug-likeness (QED) is 0.0257. The van der Waals surface area contributed by atoms with E-state index in [1.807, 2.05) is 0 Å². The maximum absolute atomic E-state index is 13.1. The molecule has 0 bridgehead atoms. The molecule has 476 valence electrons. The summed E-state index contributed by atoms with van der Waals surface area (Å²) in [7, 11) is 0. The Morgan fingerprint density at radius 2 is 0.457 bits per heavy atom. The van der Waals surface area contributed by atoms with Gasteiger partial charge in [-0.2, -0.15) is 0 Å². The predicted octanol–water partition coefficient (Wildman–Crippen LogP) is 23.3. The molecule has 81 heavy (non-hydrogen) atoms. The van der Waals surface area contributed by atoms with E-state index in [-0.39, 0.29) is 49.6 Å². The van der Waals surface area contributed by atoms with E-state index in [0.717, 1.165) is 109 Å². The summed E-state index contributed by atoms with van der Waals surface area (Å²) >= 11 is 0. The molecule has 8 nitrogen and oxygen atoms in total. The molecule has 8 heteroatoms. The minimum absolute atomic E-state index is 0.0114.